The van der Waals surface area contributed by atoms with Crippen molar-refractivity contribution in [1.82, 2.24) is 0 Å². The van der Waals surface area contributed by atoms with Gasteiger partial charge in [-0.2, -0.15) is 0 Å². The van der Waals surface area contributed by atoms with Crippen LogP contribution >= 0.6 is 0 Å². The molecule has 0 N–H and O–H groups in total. The first-order chi connectivity index (χ1) is 8.54. The Morgan fingerprint density at radius 2 is 1.89 bits per heavy atom. The Morgan fingerprint density at radius 3 is 2.37 bits per heavy atom. The molecule has 0 saturated heterocycles. The van der Waals surface area contributed by atoms with Gasteiger partial charge < -0.3 is 0 Å². The first-order valence-electron chi connectivity index (χ1n) is 4.11. The van der Waals surface area contributed by atoms with Crippen molar-refractivity contribution in [3.63, 3.8) is 0 Å². The van der Waals surface area contributed by atoms with Gasteiger partial charge in [-0.3, -0.25) is 0 Å². The van der Waals surface area contributed by atoms with Gasteiger partial charge in [-0.1, -0.05) is 0 Å². The predicted molar refractivity (Wildman–Crippen MR) is 48.7 cm³/mol. The second-order valence-electron chi connectivity index (χ2n) is 2.87. The Morgan fingerprint density at radius 1 is 1.32 bits per heavy atom. The zero-order valence-electron chi connectivity index (χ0n) is 8.49. The van der Waals surface area contributed by atoms with Crippen LogP contribution in [0.15, 0.2) is 18.2 Å². The van der Waals surface area contributed by atoms with Crippen LogP contribution in [-0.4, -0.2) is 18.8 Å². The summed E-state index contributed by atoms with van der Waals surface area (Å²) in [6.45, 7) is 0. The molecule has 0 saturated carbocycles. The fourth-order valence-corrected chi connectivity index (χ4v) is 3.52. The first-order valence-corrected chi connectivity index (χ1v) is 7.35. The van der Waals surface area contributed by atoms with Crippen molar-refractivity contribution in [1.29, 1.82) is 0 Å². The summed E-state index contributed by atoms with van der Waals surface area (Å²) >= 11 is -2.18. The van der Waals surface area contributed by atoms with E-state index in [2.05, 4.69) is -0.497 Å². The Kier molecular flexibility index (Phi) is 5.39. The Hall–Kier alpha value is -0.179. The number of hydrogen-bond acceptors (Lipinski definition) is 5. The quantitative estimate of drug-likeness (QED) is 0.317. The predicted octanol–water partition coefficient (Wildman–Crippen LogP) is 1.23. The van der Waals surface area contributed by atoms with Crippen molar-refractivity contribution in [2.75, 3.05) is 0 Å². The molecule has 19 heavy (non-hydrogen) atoms. The van der Waals surface area contributed by atoms with Gasteiger partial charge in [0.25, 0.3) is 0 Å². The third-order valence-electron chi connectivity index (χ3n) is 1.57. The molecule has 1 aromatic carbocycles. The molecule has 0 aliphatic heterocycles. The summed E-state index contributed by atoms with van der Waals surface area (Å²) in [6.07, 6.45) is 0. The van der Waals surface area contributed by atoms with Gasteiger partial charge in [-0.25, -0.2) is 0 Å². The average molecular weight is 420 g/mol. The second kappa shape index (κ2) is 6.07. The molecule has 0 amide bonds. The number of hydrogen-bond donors (Lipinski definition) is 0. The van der Waals surface area contributed by atoms with Gasteiger partial charge in [0.2, 0.25) is 0 Å². The van der Waals surface area contributed by atoms with Crippen molar-refractivity contribution in [3.8, 4) is 0 Å². The monoisotopic (exact) mass is 421 g/mol. The topological polar surface area (TPSA) is 86.5 Å². The average Bonchev–Trinajstić information content (AvgIpc) is 2.26. The molecule has 0 aliphatic carbocycles. The minimum absolute atomic E-state index is 0.585. The number of nitrogens with zero attached hydrogens (tertiary/aromatic N) is 1. The molecule has 0 bridgehead atoms. The number of nitro benzene ring substituents is 1. The van der Waals surface area contributed by atoms with Gasteiger partial charge in [-0.05, 0) is 0 Å². The molecule has 0 atom stereocenters. The third kappa shape index (κ3) is 4.41. The molecule has 1 aromatic rings. The molecular weight excluding hydrogens is 417 g/mol. The molecule has 0 fully saturated rings. The molecule has 0 heterocycles. The first kappa shape index (κ1) is 16.9. The second-order valence-corrected chi connectivity index (χ2v) is 6.87. The van der Waals surface area contributed by atoms with E-state index >= 15 is 0 Å². The van der Waals surface area contributed by atoms with Crippen molar-refractivity contribution in [2.45, 2.75) is 5.51 Å². The fourth-order valence-electron chi connectivity index (χ4n) is 0.752. The zero-order valence-corrected chi connectivity index (χ0v) is 11.3. The third-order valence-corrected chi connectivity index (χ3v) is 5.40. The Balaban J connectivity index is 2.96. The summed E-state index contributed by atoms with van der Waals surface area (Å²) in [4.78, 5) is 9.48. The van der Waals surface area contributed by atoms with Crippen LogP contribution in [0.5, 0.6) is 0 Å². The molecule has 12 heteroatoms. The van der Waals surface area contributed by atoms with Gasteiger partial charge in [0.15, 0.2) is 0 Å². The normalized spacial score (nSPS) is 12.6. The molecule has 0 radical (unpaired) electrons. The Bertz CT molecular complexity index is 602. The number of rotatable bonds is 4. The zero-order chi connectivity index (χ0) is 14.8. The number of non-ortho nitro benzene ring substituents is 1. The number of benzene rings is 1. The number of nitro groups is 1. The molecule has 6 nitrogen and oxygen atoms in total. The Labute approximate surface area is 129 Å². The van der Waals surface area contributed by atoms with E-state index in [0.717, 1.165) is 6.07 Å². The van der Waals surface area contributed by atoms with Crippen LogP contribution in [-0.2, 0) is 9.62 Å². The number of alkyl halides is 3. The van der Waals surface area contributed by atoms with E-state index in [-0.39, 0.29) is 0 Å². The fraction of sp³-hybridized carbons (Fsp3) is 0.143. The molecule has 0 aromatic heterocycles. The SMILES string of the molecule is O=[N+]([O-])c1ccc(F)c([Xe]OS(=O)(=O)C(F)(F)F)c1. The van der Waals surface area contributed by atoms with Gasteiger partial charge in [0, 0.05) is 0 Å². The maximum absolute atomic E-state index is 13.1. The van der Waals surface area contributed by atoms with Gasteiger partial charge in [-0.15, -0.1) is 0 Å². The maximum atomic E-state index is 13.1. The summed E-state index contributed by atoms with van der Waals surface area (Å²) in [5, 5.41) is 10.4. The van der Waals surface area contributed by atoms with Crippen LogP contribution in [0.4, 0.5) is 23.2 Å². The summed E-state index contributed by atoms with van der Waals surface area (Å²) in [6, 6.07) is 2.06. The van der Waals surface area contributed by atoms with Gasteiger partial charge in [0.1, 0.15) is 0 Å². The molecule has 0 aliphatic rings. The van der Waals surface area contributed by atoms with Crippen molar-refractivity contribution >= 4 is 15.8 Å². The van der Waals surface area contributed by atoms with E-state index in [1.165, 1.54) is 0 Å². The summed E-state index contributed by atoms with van der Waals surface area (Å²) in [5.41, 5.74) is -6.21. The summed E-state index contributed by atoms with van der Waals surface area (Å²) in [5.74, 6) is -1.08. The van der Waals surface area contributed by atoms with Crippen LogP contribution in [0.1, 0.15) is 0 Å². The van der Waals surface area contributed by atoms with Crippen molar-refractivity contribution in [2.24, 2.45) is 0 Å². The van der Waals surface area contributed by atoms with Gasteiger partial charge in [0.05, 0.1) is 0 Å². The molecular formula is C7H3F4NO5SXe. The van der Waals surface area contributed by atoms with Crippen molar-refractivity contribution < 1.29 is 75.3 Å². The van der Waals surface area contributed by atoms with E-state index in [4.69, 9.17) is 0 Å². The molecule has 0 unspecified atom stereocenters. The van der Waals surface area contributed by atoms with Crippen LogP contribution in [0.2, 0.25) is 0 Å². The van der Waals surface area contributed by atoms with Crippen LogP contribution < -0.4 is 0.0314 Å². The van der Waals surface area contributed by atoms with E-state index in [1.54, 1.807) is 0 Å². The molecule has 108 valence electrons. The minimum atomic E-state index is -5.84. The van der Waals surface area contributed by atoms with Gasteiger partial charge >= 0.3 is 131 Å². The summed E-state index contributed by atoms with van der Waals surface area (Å²) < 4.78 is 73.2. The van der Waals surface area contributed by atoms with E-state index < -0.39 is 76.9 Å². The standard InChI is InChI=1S/C7H3F4NO5SXe/c8-5-2-1-4(12(13)14)3-6(5)19-17-18(15,16)7(9,10)11/h1-3H. The van der Waals surface area contributed by atoms with Crippen LogP contribution in [0.25, 0.3) is 0 Å². The molecule has 1 rings (SSSR count). The van der Waals surface area contributed by atoms with Crippen molar-refractivity contribution in [3.05, 3.63) is 34.1 Å². The molecule has 0 spiro atoms. The summed E-state index contributed by atoms with van der Waals surface area (Å²) in [7, 11) is -5.84. The van der Waals surface area contributed by atoms with Crippen LogP contribution in [0.3, 0.4) is 0 Å². The van der Waals surface area contributed by atoms with E-state index in [9.17, 15) is 36.1 Å². The van der Waals surface area contributed by atoms with Crippen LogP contribution in [0, 0.1) is 60.8 Å². The number of halogens is 4. The van der Waals surface area contributed by atoms with E-state index in [1.807, 2.05) is 0 Å². The van der Waals surface area contributed by atoms with E-state index in [0.29, 0.717) is 12.1 Å².